The molecule has 0 spiro atoms. The third kappa shape index (κ3) is 4.57. The van der Waals surface area contributed by atoms with Gasteiger partial charge in [-0.25, -0.2) is 4.79 Å². The summed E-state index contributed by atoms with van der Waals surface area (Å²) in [6.45, 7) is 1.56. The van der Waals surface area contributed by atoms with Crippen molar-refractivity contribution in [2.24, 2.45) is 0 Å². The van der Waals surface area contributed by atoms with Gasteiger partial charge in [0.15, 0.2) is 0 Å². The number of rotatable bonds is 6. The number of furan rings is 1. The summed E-state index contributed by atoms with van der Waals surface area (Å²) in [6.07, 6.45) is 1.43. The van der Waals surface area contributed by atoms with Gasteiger partial charge in [-0.05, 0) is 43.0 Å². The zero-order chi connectivity index (χ0) is 21.0. The van der Waals surface area contributed by atoms with Gasteiger partial charge in [0.25, 0.3) is 11.1 Å². The van der Waals surface area contributed by atoms with Gasteiger partial charge in [0.2, 0.25) is 0 Å². The molecule has 2 aromatic rings. The predicted octanol–water partition coefficient (Wildman–Crippen LogP) is 3.33. The van der Waals surface area contributed by atoms with E-state index in [9.17, 15) is 19.2 Å². The molecule has 0 unspecified atom stereocenters. The van der Waals surface area contributed by atoms with Crippen LogP contribution in [-0.4, -0.2) is 48.2 Å². The molecule has 8 nitrogen and oxygen atoms in total. The number of nitrogens with zero attached hydrogens (tertiary/aromatic N) is 1. The third-order valence-electron chi connectivity index (χ3n) is 3.95. The van der Waals surface area contributed by atoms with Crippen LogP contribution in [0, 0.1) is 0 Å². The molecule has 3 rings (SSSR count). The van der Waals surface area contributed by atoms with E-state index in [0.717, 1.165) is 4.90 Å². The van der Waals surface area contributed by atoms with Gasteiger partial charge in [-0.1, -0.05) is 12.1 Å². The normalized spacial score (nSPS) is 15.1. The number of hydrogen-bond acceptors (Lipinski definition) is 8. The second-order valence-electron chi connectivity index (χ2n) is 5.85. The Morgan fingerprint density at radius 1 is 1.21 bits per heavy atom. The maximum atomic E-state index is 12.3. The van der Waals surface area contributed by atoms with Crippen LogP contribution >= 0.6 is 11.8 Å². The minimum absolute atomic E-state index is 0.139. The summed E-state index contributed by atoms with van der Waals surface area (Å²) in [5.74, 6) is -0.871. The number of thioether (sulfide) groups is 1. The molecule has 9 heteroatoms. The van der Waals surface area contributed by atoms with E-state index < -0.39 is 29.6 Å². The van der Waals surface area contributed by atoms with Gasteiger partial charge >= 0.3 is 11.9 Å². The summed E-state index contributed by atoms with van der Waals surface area (Å²) in [5.41, 5.74) is 1.06. The average molecular weight is 415 g/mol. The summed E-state index contributed by atoms with van der Waals surface area (Å²) in [6, 6.07) is 10.1. The largest absolute Gasteiger partial charge is 0.468 e. The highest BCUT2D eigenvalue weighted by Gasteiger charge is 2.36. The molecule has 1 aromatic carbocycles. The Bertz CT molecular complexity index is 1010. The molecule has 150 valence electrons. The highest BCUT2D eigenvalue weighted by Crippen LogP contribution is 2.33. The lowest BCUT2D eigenvalue weighted by Crippen LogP contribution is -2.34. The fourth-order valence-electron chi connectivity index (χ4n) is 2.56. The topological polar surface area (TPSA) is 103 Å². The Balaban J connectivity index is 1.80. The molecule has 1 fully saturated rings. The van der Waals surface area contributed by atoms with Crippen LogP contribution in [0.25, 0.3) is 17.4 Å². The second-order valence-corrected chi connectivity index (χ2v) is 6.84. The van der Waals surface area contributed by atoms with Crippen molar-refractivity contribution in [3.05, 3.63) is 52.6 Å². The summed E-state index contributed by atoms with van der Waals surface area (Å²) in [5, 5.41) is -0.555. The molecule has 1 aromatic heterocycles. The Hall–Kier alpha value is -3.33. The van der Waals surface area contributed by atoms with Gasteiger partial charge in [0.1, 0.15) is 18.1 Å². The van der Waals surface area contributed by atoms with Gasteiger partial charge in [-0.3, -0.25) is 19.3 Å². The Labute approximate surface area is 170 Å². The smallest absolute Gasteiger partial charge is 0.338 e. The Kier molecular flexibility index (Phi) is 6.18. The molecule has 0 radical (unpaired) electrons. The van der Waals surface area contributed by atoms with Crippen LogP contribution in [0.3, 0.4) is 0 Å². The quantitative estimate of drug-likeness (QED) is 0.523. The Morgan fingerprint density at radius 2 is 2.00 bits per heavy atom. The minimum atomic E-state index is -0.685. The number of hydrogen-bond donors (Lipinski definition) is 0. The molecule has 0 aliphatic carbocycles. The molecule has 2 amide bonds. The van der Waals surface area contributed by atoms with E-state index in [0.29, 0.717) is 34.4 Å². The molecule has 0 N–H and O–H groups in total. The van der Waals surface area contributed by atoms with E-state index in [1.165, 1.54) is 13.2 Å². The van der Waals surface area contributed by atoms with E-state index in [1.807, 2.05) is 0 Å². The van der Waals surface area contributed by atoms with Crippen LogP contribution in [0.15, 0.2) is 45.7 Å². The molecule has 29 heavy (non-hydrogen) atoms. The summed E-state index contributed by atoms with van der Waals surface area (Å²) >= 11 is 0.716. The molecule has 0 saturated carbocycles. The summed E-state index contributed by atoms with van der Waals surface area (Å²) < 4.78 is 15.2. The summed E-state index contributed by atoms with van der Waals surface area (Å²) in [7, 11) is 1.18. The summed E-state index contributed by atoms with van der Waals surface area (Å²) in [4.78, 5) is 48.5. The fourth-order valence-corrected chi connectivity index (χ4v) is 3.38. The molecule has 0 atom stereocenters. The van der Waals surface area contributed by atoms with E-state index in [1.54, 1.807) is 43.3 Å². The van der Waals surface area contributed by atoms with Crippen LogP contribution in [0.5, 0.6) is 0 Å². The van der Waals surface area contributed by atoms with E-state index in [2.05, 4.69) is 4.74 Å². The lowest BCUT2D eigenvalue weighted by Gasteiger charge is -2.09. The predicted molar refractivity (Wildman–Crippen MR) is 105 cm³/mol. The first kappa shape index (κ1) is 20.4. The standard InChI is InChI=1S/C20H17NO7S/c1-3-27-19(24)13-6-4-5-12(9-13)15-8-7-14(28-15)10-16-18(23)21(20(25)29-16)11-17(22)26-2/h4-10H,3,11H2,1-2H3/b16-10-. The monoisotopic (exact) mass is 415 g/mol. The van der Waals surface area contributed by atoms with Crippen molar-refractivity contribution >= 4 is 40.9 Å². The molecular weight excluding hydrogens is 398 g/mol. The van der Waals surface area contributed by atoms with Gasteiger partial charge in [0.05, 0.1) is 24.2 Å². The molecule has 1 aliphatic rings. The number of carbonyl (C=O) groups is 4. The first-order valence-electron chi connectivity index (χ1n) is 8.62. The van der Waals surface area contributed by atoms with Crippen LogP contribution in [0.1, 0.15) is 23.0 Å². The van der Waals surface area contributed by atoms with Crippen molar-refractivity contribution in [2.45, 2.75) is 6.92 Å². The second kappa shape index (κ2) is 8.78. The van der Waals surface area contributed by atoms with E-state index >= 15 is 0 Å². The van der Waals surface area contributed by atoms with Crippen LogP contribution < -0.4 is 0 Å². The van der Waals surface area contributed by atoms with E-state index in [4.69, 9.17) is 9.15 Å². The number of benzene rings is 1. The first-order chi connectivity index (χ1) is 13.9. The molecule has 1 aliphatic heterocycles. The average Bonchev–Trinajstić information content (AvgIpc) is 3.28. The van der Waals surface area contributed by atoms with Crippen molar-refractivity contribution in [3.8, 4) is 11.3 Å². The lowest BCUT2D eigenvalue weighted by atomic mass is 10.1. The number of amides is 2. The number of carbonyl (C=O) groups excluding carboxylic acids is 4. The maximum absolute atomic E-state index is 12.3. The van der Waals surface area contributed by atoms with Crippen LogP contribution in [0.4, 0.5) is 4.79 Å². The maximum Gasteiger partial charge on any atom is 0.338 e. The SMILES string of the molecule is CCOC(=O)c1cccc(-c2ccc(/C=C3\SC(=O)N(CC(=O)OC)C3=O)o2)c1. The van der Waals surface area contributed by atoms with Crippen LogP contribution in [0.2, 0.25) is 0 Å². The van der Waals surface area contributed by atoms with Gasteiger partial charge in [-0.15, -0.1) is 0 Å². The van der Waals surface area contributed by atoms with Gasteiger partial charge in [-0.2, -0.15) is 0 Å². The number of ether oxygens (including phenoxy) is 2. The lowest BCUT2D eigenvalue weighted by molar-refractivity contribution is -0.143. The highest BCUT2D eigenvalue weighted by atomic mass is 32.2. The van der Waals surface area contributed by atoms with Gasteiger partial charge < -0.3 is 13.9 Å². The minimum Gasteiger partial charge on any atom is -0.468 e. The third-order valence-corrected chi connectivity index (χ3v) is 4.85. The van der Waals surface area contributed by atoms with Crippen molar-refractivity contribution in [3.63, 3.8) is 0 Å². The van der Waals surface area contributed by atoms with Crippen molar-refractivity contribution < 1.29 is 33.1 Å². The molecular formula is C20H17NO7S. The Morgan fingerprint density at radius 3 is 2.72 bits per heavy atom. The highest BCUT2D eigenvalue weighted by molar-refractivity contribution is 8.18. The number of methoxy groups -OCH3 is 1. The molecule has 2 heterocycles. The zero-order valence-electron chi connectivity index (χ0n) is 15.7. The van der Waals surface area contributed by atoms with Crippen molar-refractivity contribution in [1.29, 1.82) is 0 Å². The molecule has 1 saturated heterocycles. The van der Waals surface area contributed by atoms with Gasteiger partial charge in [0, 0.05) is 11.6 Å². The fraction of sp³-hybridized carbons (Fsp3) is 0.200. The van der Waals surface area contributed by atoms with Crippen molar-refractivity contribution in [1.82, 2.24) is 4.90 Å². The zero-order valence-corrected chi connectivity index (χ0v) is 16.5. The number of imide groups is 1. The van der Waals surface area contributed by atoms with Crippen molar-refractivity contribution in [2.75, 3.05) is 20.3 Å². The first-order valence-corrected chi connectivity index (χ1v) is 9.44. The number of esters is 2. The van der Waals surface area contributed by atoms with Crippen LogP contribution in [-0.2, 0) is 19.1 Å². The van der Waals surface area contributed by atoms with E-state index in [-0.39, 0.29) is 11.5 Å². The molecule has 0 bridgehead atoms.